The molecule has 1 saturated heterocycles. The Labute approximate surface area is 114 Å². The molecule has 1 aliphatic rings. The summed E-state index contributed by atoms with van der Waals surface area (Å²) < 4.78 is 5.27. The van der Waals surface area contributed by atoms with Gasteiger partial charge >= 0.3 is 0 Å². The van der Waals surface area contributed by atoms with Crippen LogP contribution < -0.4 is 5.32 Å². The number of nitrogens with one attached hydrogen (secondary N) is 1. The number of ether oxygens (including phenoxy) is 1. The molecule has 4 nitrogen and oxygen atoms in total. The third kappa shape index (κ3) is 3.47. The summed E-state index contributed by atoms with van der Waals surface area (Å²) >= 11 is 0. The zero-order valence-electron chi connectivity index (χ0n) is 11.9. The molecule has 4 heteroatoms. The monoisotopic (exact) mass is 262 g/mol. The SMILES string of the molecule is Cc1ccc(NC(C)C(=O)N2CCOCC2)c(C)c1. The van der Waals surface area contributed by atoms with Crippen molar-refractivity contribution in [3.8, 4) is 0 Å². The topological polar surface area (TPSA) is 41.6 Å². The molecular weight excluding hydrogens is 240 g/mol. The van der Waals surface area contributed by atoms with Gasteiger partial charge in [0.05, 0.1) is 13.2 Å². The van der Waals surface area contributed by atoms with Crippen LogP contribution >= 0.6 is 0 Å². The lowest BCUT2D eigenvalue weighted by atomic mass is 10.1. The van der Waals surface area contributed by atoms with Gasteiger partial charge in [0.2, 0.25) is 5.91 Å². The molecule has 1 aromatic carbocycles. The Bertz CT molecular complexity index is 453. The fourth-order valence-electron chi connectivity index (χ4n) is 2.33. The smallest absolute Gasteiger partial charge is 0.244 e. The highest BCUT2D eigenvalue weighted by Crippen LogP contribution is 2.17. The number of rotatable bonds is 3. The van der Waals surface area contributed by atoms with Crippen LogP contribution in [0.15, 0.2) is 18.2 Å². The van der Waals surface area contributed by atoms with Gasteiger partial charge in [-0.1, -0.05) is 17.7 Å². The maximum absolute atomic E-state index is 12.3. The Morgan fingerprint density at radius 1 is 1.32 bits per heavy atom. The van der Waals surface area contributed by atoms with E-state index < -0.39 is 0 Å². The first-order valence-electron chi connectivity index (χ1n) is 6.78. The first kappa shape index (κ1) is 13.9. The summed E-state index contributed by atoms with van der Waals surface area (Å²) in [6.45, 7) is 8.71. The van der Waals surface area contributed by atoms with Crippen molar-refractivity contribution < 1.29 is 9.53 Å². The number of benzene rings is 1. The standard InChI is InChI=1S/C15H22N2O2/c1-11-4-5-14(12(2)10-11)16-13(3)15(18)17-6-8-19-9-7-17/h4-5,10,13,16H,6-9H2,1-3H3. The molecule has 1 atom stereocenters. The number of hydrogen-bond donors (Lipinski definition) is 1. The van der Waals surface area contributed by atoms with Gasteiger partial charge in [-0.3, -0.25) is 4.79 Å². The van der Waals surface area contributed by atoms with Gasteiger partial charge in [-0.2, -0.15) is 0 Å². The molecule has 2 rings (SSSR count). The van der Waals surface area contributed by atoms with E-state index in [1.54, 1.807) is 0 Å². The minimum atomic E-state index is -0.209. The number of carbonyl (C=O) groups is 1. The molecule has 0 bridgehead atoms. The lowest BCUT2D eigenvalue weighted by Crippen LogP contribution is -2.47. The van der Waals surface area contributed by atoms with Gasteiger partial charge < -0.3 is 15.0 Å². The maximum atomic E-state index is 12.3. The Morgan fingerprint density at radius 3 is 2.63 bits per heavy atom. The minimum absolute atomic E-state index is 0.142. The van der Waals surface area contributed by atoms with Crippen molar-refractivity contribution in [1.82, 2.24) is 4.90 Å². The Hall–Kier alpha value is -1.55. The first-order valence-corrected chi connectivity index (χ1v) is 6.78. The first-order chi connectivity index (χ1) is 9.08. The summed E-state index contributed by atoms with van der Waals surface area (Å²) in [4.78, 5) is 14.2. The molecule has 1 unspecified atom stereocenters. The molecule has 104 valence electrons. The fourth-order valence-corrected chi connectivity index (χ4v) is 2.33. The van der Waals surface area contributed by atoms with Crippen LogP contribution in [-0.2, 0) is 9.53 Å². The number of hydrogen-bond acceptors (Lipinski definition) is 3. The molecule has 1 fully saturated rings. The summed E-state index contributed by atoms with van der Waals surface area (Å²) in [6.07, 6.45) is 0. The largest absolute Gasteiger partial charge is 0.378 e. The van der Waals surface area contributed by atoms with E-state index in [2.05, 4.69) is 31.3 Å². The average molecular weight is 262 g/mol. The number of nitrogens with zero attached hydrogens (tertiary/aromatic N) is 1. The van der Waals surface area contributed by atoms with Crippen LogP contribution in [0.5, 0.6) is 0 Å². The summed E-state index contributed by atoms with van der Waals surface area (Å²) in [5, 5.41) is 3.30. The molecule has 19 heavy (non-hydrogen) atoms. The van der Waals surface area contributed by atoms with E-state index in [9.17, 15) is 4.79 Å². The van der Waals surface area contributed by atoms with E-state index in [1.165, 1.54) is 11.1 Å². The molecule has 0 aliphatic carbocycles. The van der Waals surface area contributed by atoms with Crippen molar-refractivity contribution in [3.63, 3.8) is 0 Å². The molecule has 0 spiro atoms. The number of morpholine rings is 1. The quantitative estimate of drug-likeness (QED) is 0.905. The van der Waals surface area contributed by atoms with Gasteiger partial charge in [-0.15, -0.1) is 0 Å². The molecule has 1 N–H and O–H groups in total. The minimum Gasteiger partial charge on any atom is -0.378 e. The third-order valence-electron chi connectivity index (χ3n) is 3.45. The van der Waals surface area contributed by atoms with Crippen LogP contribution in [0.3, 0.4) is 0 Å². The second-order valence-electron chi connectivity index (χ2n) is 5.12. The summed E-state index contributed by atoms with van der Waals surface area (Å²) in [6, 6.07) is 6.00. The number of aryl methyl sites for hydroxylation is 2. The molecular formula is C15H22N2O2. The highest BCUT2D eigenvalue weighted by molar-refractivity contribution is 5.84. The van der Waals surface area contributed by atoms with Crippen molar-refractivity contribution in [3.05, 3.63) is 29.3 Å². The molecule has 1 heterocycles. The predicted molar refractivity (Wildman–Crippen MR) is 76.4 cm³/mol. The van der Waals surface area contributed by atoms with E-state index >= 15 is 0 Å². The van der Waals surface area contributed by atoms with Crippen molar-refractivity contribution in [2.75, 3.05) is 31.6 Å². The second kappa shape index (κ2) is 6.06. The zero-order chi connectivity index (χ0) is 13.8. The molecule has 1 aromatic rings. The van der Waals surface area contributed by atoms with Crippen LogP contribution in [0.25, 0.3) is 0 Å². The van der Waals surface area contributed by atoms with Crippen molar-refractivity contribution in [2.45, 2.75) is 26.8 Å². The van der Waals surface area contributed by atoms with Crippen LogP contribution in [0.2, 0.25) is 0 Å². The number of amides is 1. The molecule has 1 amide bonds. The molecule has 0 radical (unpaired) electrons. The zero-order valence-corrected chi connectivity index (χ0v) is 11.9. The van der Waals surface area contributed by atoms with E-state index in [0.717, 1.165) is 5.69 Å². The summed E-state index contributed by atoms with van der Waals surface area (Å²) in [7, 11) is 0. The van der Waals surface area contributed by atoms with Crippen LogP contribution in [0, 0.1) is 13.8 Å². The maximum Gasteiger partial charge on any atom is 0.244 e. The van der Waals surface area contributed by atoms with Crippen molar-refractivity contribution >= 4 is 11.6 Å². The average Bonchev–Trinajstić information content (AvgIpc) is 2.42. The van der Waals surface area contributed by atoms with Gasteiger partial charge in [0.25, 0.3) is 0 Å². The Morgan fingerprint density at radius 2 is 2.00 bits per heavy atom. The normalized spacial score (nSPS) is 17.1. The lowest BCUT2D eigenvalue weighted by molar-refractivity contribution is -0.135. The summed E-state index contributed by atoms with van der Waals surface area (Å²) in [5.74, 6) is 0.142. The van der Waals surface area contributed by atoms with Crippen molar-refractivity contribution in [2.24, 2.45) is 0 Å². The number of anilines is 1. The third-order valence-corrected chi connectivity index (χ3v) is 3.45. The van der Waals surface area contributed by atoms with Crippen LogP contribution in [0.4, 0.5) is 5.69 Å². The van der Waals surface area contributed by atoms with E-state index in [0.29, 0.717) is 26.3 Å². The highest BCUT2D eigenvalue weighted by atomic mass is 16.5. The van der Waals surface area contributed by atoms with Gasteiger partial charge in [-0.05, 0) is 32.4 Å². The van der Waals surface area contributed by atoms with E-state index in [1.807, 2.05) is 17.9 Å². The Balaban J connectivity index is 1.99. The van der Waals surface area contributed by atoms with Crippen LogP contribution in [-0.4, -0.2) is 43.2 Å². The lowest BCUT2D eigenvalue weighted by Gasteiger charge is -2.30. The molecule has 0 saturated carbocycles. The van der Waals surface area contributed by atoms with E-state index in [4.69, 9.17) is 4.74 Å². The molecule has 1 aliphatic heterocycles. The van der Waals surface area contributed by atoms with Gasteiger partial charge in [0.1, 0.15) is 6.04 Å². The Kier molecular flexibility index (Phi) is 4.43. The van der Waals surface area contributed by atoms with Crippen molar-refractivity contribution in [1.29, 1.82) is 0 Å². The van der Waals surface area contributed by atoms with Gasteiger partial charge in [0.15, 0.2) is 0 Å². The predicted octanol–water partition coefficient (Wildman–Crippen LogP) is 1.96. The molecule has 0 aromatic heterocycles. The summed E-state index contributed by atoms with van der Waals surface area (Å²) in [5.41, 5.74) is 3.43. The van der Waals surface area contributed by atoms with Gasteiger partial charge in [-0.25, -0.2) is 0 Å². The van der Waals surface area contributed by atoms with Crippen LogP contribution in [0.1, 0.15) is 18.1 Å². The fraction of sp³-hybridized carbons (Fsp3) is 0.533. The second-order valence-corrected chi connectivity index (χ2v) is 5.12. The number of carbonyl (C=O) groups excluding carboxylic acids is 1. The van der Waals surface area contributed by atoms with E-state index in [-0.39, 0.29) is 11.9 Å². The highest BCUT2D eigenvalue weighted by Gasteiger charge is 2.22. The van der Waals surface area contributed by atoms with Gasteiger partial charge in [0, 0.05) is 18.8 Å².